The molecule has 1 saturated carbocycles. The molecule has 0 radical (unpaired) electrons. The third kappa shape index (κ3) is 1.84. The van der Waals surface area contributed by atoms with Crippen molar-refractivity contribution in [1.29, 1.82) is 0 Å². The van der Waals surface area contributed by atoms with Crippen LogP contribution in [0.15, 0.2) is 18.2 Å². The minimum absolute atomic E-state index is 0.182. The van der Waals surface area contributed by atoms with Crippen LogP contribution in [0.25, 0.3) is 0 Å². The smallest absolute Gasteiger partial charge is 0.0720 e. The van der Waals surface area contributed by atoms with Gasteiger partial charge in [-0.05, 0) is 37.0 Å². The summed E-state index contributed by atoms with van der Waals surface area (Å²) in [6.45, 7) is 4.33. The van der Waals surface area contributed by atoms with Crippen molar-refractivity contribution in [2.45, 2.75) is 29.4 Å². The van der Waals surface area contributed by atoms with Crippen molar-refractivity contribution in [2.24, 2.45) is 0 Å². The van der Waals surface area contributed by atoms with Gasteiger partial charge in [-0.15, -0.1) is 0 Å². The molecule has 0 heterocycles. The lowest BCUT2D eigenvalue weighted by molar-refractivity contribution is 1.11. The predicted molar refractivity (Wildman–Crippen MR) is 63.9 cm³/mol. The lowest BCUT2D eigenvalue weighted by atomic mass is 10.0. The van der Waals surface area contributed by atoms with Crippen LogP contribution in [0.2, 0.25) is 0 Å². The molecule has 1 aromatic rings. The molecule has 0 nitrogen and oxygen atoms in total. The first-order valence-electron chi connectivity index (χ1n) is 4.46. The Bertz CT molecular complexity index is 342. The molecule has 0 saturated heterocycles. The summed E-state index contributed by atoms with van der Waals surface area (Å²) in [5, 5.41) is 0. The first kappa shape index (κ1) is 9.72. The SMILES string of the molecule is Cc1ccc(C2CC2(Br)Br)cc1C. The zero-order chi connectivity index (χ0) is 9.64. The van der Waals surface area contributed by atoms with Crippen LogP contribution in [0.4, 0.5) is 0 Å². The van der Waals surface area contributed by atoms with Gasteiger partial charge in [0.15, 0.2) is 0 Å². The fraction of sp³-hybridized carbons (Fsp3) is 0.455. The Labute approximate surface area is 96.0 Å². The van der Waals surface area contributed by atoms with Crippen molar-refractivity contribution < 1.29 is 0 Å². The van der Waals surface area contributed by atoms with Crippen LogP contribution < -0.4 is 0 Å². The molecular weight excluding hydrogens is 292 g/mol. The quantitative estimate of drug-likeness (QED) is 0.679. The van der Waals surface area contributed by atoms with Crippen LogP contribution in [-0.4, -0.2) is 3.23 Å². The Morgan fingerprint density at radius 3 is 2.31 bits per heavy atom. The van der Waals surface area contributed by atoms with Crippen molar-refractivity contribution in [3.8, 4) is 0 Å². The van der Waals surface area contributed by atoms with E-state index in [-0.39, 0.29) is 3.23 Å². The molecule has 70 valence electrons. The Morgan fingerprint density at radius 2 is 1.85 bits per heavy atom. The number of hydrogen-bond acceptors (Lipinski definition) is 0. The molecule has 1 unspecified atom stereocenters. The second-order valence-electron chi connectivity index (χ2n) is 3.86. The minimum atomic E-state index is 0.182. The minimum Gasteiger partial charge on any atom is -0.0720 e. The highest BCUT2D eigenvalue weighted by molar-refractivity contribution is 9.25. The van der Waals surface area contributed by atoms with E-state index in [4.69, 9.17) is 0 Å². The third-order valence-corrected chi connectivity index (χ3v) is 4.51. The van der Waals surface area contributed by atoms with Gasteiger partial charge >= 0.3 is 0 Å². The van der Waals surface area contributed by atoms with E-state index in [2.05, 4.69) is 63.9 Å². The summed E-state index contributed by atoms with van der Waals surface area (Å²) in [6, 6.07) is 6.74. The van der Waals surface area contributed by atoms with Crippen molar-refractivity contribution >= 4 is 31.9 Å². The van der Waals surface area contributed by atoms with Crippen molar-refractivity contribution in [2.75, 3.05) is 0 Å². The highest BCUT2D eigenvalue weighted by atomic mass is 79.9. The Morgan fingerprint density at radius 1 is 1.23 bits per heavy atom. The summed E-state index contributed by atoms with van der Waals surface area (Å²) < 4.78 is 0.182. The average molecular weight is 304 g/mol. The Hall–Kier alpha value is 0.180. The molecule has 2 heteroatoms. The van der Waals surface area contributed by atoms with E-state index in [1.54, 1.807) is 0 Å². The summed E-state index contributed by atoms with van der Waals surface area (Å²) in [5.74, 6) is 0.645. The number of alkyl halides is 2. The summed E-state index contributed by atoms with van der Waals surface area (Å²) in [5.41, 5.74) is 4.20. The van der Waals surface area contributed by atoms with Gasteiger partial charge in [-0.25, -0.2) is 0 Å². The zero-order valence-corrected chi connectivity index (χ0v) is 10.9. The monoisotopic (exact) mass is 302 g/mol. The molecule has 0 aliphatic heterocycles. The zero-order valence-electron chi connectivity index (χ0n) is 7.77. The third-order valence-electron chi connectivity index (χ3n) is 2.76. The fourth-order valence-corrected chi connectivity index (χ4v) is 2.73. The number of halogens is 2. The second kappa shape index (κ2) is 3.09. The maximum absolute atomic E-state index is 3.65. The molecule has 1 aliphatic carbocycles. The van der Waals surface area contributed by atoms with Gasteiger partial charge < -0.3 is 0 Å². The van der Waals surface area contributed by atoms with Crippen LogP contribution >= 0.6 is 31.9 Å². The van der Waals surface area contributed by atoms with E-state index < -0.39 is 0 Å². The van der Waals surface area contributed by atoms with Gasteiger partial charge in [-0.1, -0.05) is 50.1 Å². The molecule has 0 spiro atoms. The van der Waals surface area contributed by atoms with Crippen molar-refractivity contribution in [3.05, 3.63) is 34.9 Å². The maximum Gasteiger partial charge on any atom is 0.0881 e. The summed E-state index contributed by atoms with van der Waals surface area (Å²) in [6.07, 6.45) is 1.19. The molecule has 1 atom stereocenters. The molecule has 0 bridgehead atoms. The number of hydrogen-bond donors (Lipinski definition) is 0. The van der Waals surface area contributed by atoms with Gasteiger partial charge in [0.1, 0.15) is 0 Å². The van der Waals surface area contributed by atoms with Gasteiger partial charge in [0.05, 0.1) is 3.23 Å². The summed E-state index contributed by atoms with van der Waals surface area (Å²) in [7, 11) is 0. The first-order valence-corrected chi connectivity index (χ1v) is 6.04. The van der Waals surface area contributed by atoms with Crippen LogP contribution in [0, 0.1) is 13.8 Å². The Kier molecular flexibility index (Phi) is 2.31. The van der Waals surface area contributed by atoms with Crippen LogP contribution in [0.5, 0.6) is 0 Å². The lowest BCUT2D eigenvalue weighted by Crippen LogP contribution is -1.90. The van der Waals surface area contributed by atoms with Crippen molar-refractivity contribution in [3.63, 3.8) is 0 Å². The van der Waals surface area contributed by atoms with Gasteiger partial charge in [-0.3, -0.25) is 0 Å². The Balaban J connectivity index is 2.29. The van der Waals surface area contributed by atoms with E-state index in [1.807, 2.05) is 0 Å². The van der Waals surface area contributed by atoms with E-state index in [9.17, 15) is 0 Å². The molecular formula is C11H12Br2. The average Bonchev–Trinajstić information content (AvgIpc) is 2.66. The highest BCUT2D eigenvalue weighted by Crippen LogP contribution is 2.62. The van der Waals surface area contributed by atoms with Crippen LogP contribution in [0.3, 0.4) is 0 Å². The topological polar surface area (TPSA) is 0 Å². The largest absolute Gasteiger partial charge is 0.0881 e. The van der Waals surface area contributed by atoms with Crippen molar-refractivity contribution in [1.82, 2.24) is 0 Å². The highest BCUT2D eigenvalue weighted by Gasteiger charge is 2.50. The van der Waals surface area contributed by atoms with Gasteiger partial charge in [0.2, 0.25) is 0 Å². The molecule has 2 rings (SSSR count). The maximum atomic E-state index is 3.65. The van der Waals surface area contributed by atoms with E-state index >= 15 is 0 Å². The molecule has 1 fully saturated rings. The van der Waals surface area contributed by atoms with Gasteiger partial charge in [0.25, 0.3) is 0 Å². The summed E-state index contributed by atoms with van der Waals surface area (Å²) in [4.78, 5) is 0. The van der Waals surface area contributed by atoms with E-state index in [0.717, 1.165) is 0 Å². The molecule has 0 N–H and O–H groups in total. The molecule has 13 heavy (non-hydrogen) atoms. The number of rotatable bonds is 1. The standard InChI is InChI=1S/C11H12Br2/c1-7-3-4-9(5-8(7)2)10-6-11(10,12)13/h3-5,10H,6H2,1-2H3. The first-order chi connectivity index (χ1) is 6.00. The van der Waals surface area contributed by atoms with E-state index in [0.29, 0.717) is 5.92 Å². The lowest BCUT2D eigenvalue weighted by Gasteiger charge is -2.05. The van der Waals surface area contributed by atoms with Gasteiger partial charge in [-0.2, -0.15) is 0 Å². The van der Waals surface area contributed by atoms with Gasteiger partial charge in [0, 0.05) is 5.92 Å². The van der Waals surface area contributed by atoms with Crippen LogP contribution in [-0.2, 0) is 0 Å². The molecule has 1 aliphatic rings. The predicted octanol–water partition coefficient (Wildman–Crippen LogP) is 4.28. The fourth-order valence-electron chi connectivity index (χ4n) is 1.56. The molecule has 1 aromatic carbocycles. The van der Waals surface area contributed by atoms with Crippen LogP contribution in [0.1, 0.15) is 29.0 Å². The van der Waals surface area contributed by atoms with E-state index in [1.165, 1.54) is 23.1 Å². The number of aryl methyl sites for hydroxylation is 2. The second-order valence-corrected chi connectivity index (χ2v) is 7.76. The molecule has 0 aromatic heterocycles. The normalized spacial score (nSPS) is 24.5. The number of benzene rings is 1. The summed E-state index contributed by atoms with van der Waals surface area (Å²) >= 11 is 7.30. The molecule has 0 amide bonds.